The van der Waals surface area contributed by atoms with Crippen LogP contribution in [-0.4, -0.2) is 9.97 Å². The van der Waals surface area contributed by atoms with Gasteiger partial charge >= 0.3 is 0 Å². The van der Waals surface area contributed by atoms with Crippen LogP contribution in [0.1, 0.15) is 0 Å². The highest BCUT2D eigenvalue weighted by Crippen LogP contribution is 2.13. The predicted molar refractivity (Wildman–Crippen MR) is 62.0 cm³/mol. The predicted octanol–water partition coefficient (Wildman–Crippen LogP) is 2.99. The molecule has 0 spiro atoms. The van der Waals surface area contributed by atoms with Crippen LogP contribution in [0.15, 0.2) is 48.9 Å². The summed E-state index contributed by atoms with van der Waals surface area (Å²) in [6.07, 6.45) is 5.13. The lowest BCUT2D eigenvalue weighted by Gasteiger charge is -1.96. The van der Waals surface area contributed by atoms with E-state index in [9.17, 15) is 0 Å². The Morgan fingerprint density at radius 2 is 1.57 bits per heavy atom. The molecule has 0 radical (unpaired) electrons. The molecule has 0 unspecified atom stereocenters. The number of rotatable bonds is 1. The van der Waals surface area contributed by atoms with Crippen molar-refractivity contribution in [3.05, 3.63) is 48.9 Å². The Balaban J connectivity index is 0.000000845. The summed E-state index contributed by atoms with van der Waals surface area (Å²) in [4.78, 5) is 8.19. The quantitative estimate of drug-likeness (QED) is 0.751. The van der Waals surface area contributed by atoms with Crippen molar-refractivity contribution >= 4 is 24.8 Å². The van der Waals surface area contributed by atoms with E-state index in [0.717, 1.165) is 11.3 Å². The monoisotopic (exact) mass is 228 g/mol. The molecule has 0 amide bonds. The highest BCUT2D eigenvalue weighted by molar-refractivity contribution is 5.85. The van der Waals surface area contributed by atoms with Gasteiger partial charge in [-0.2, -0.15) is 0 Å². The molecular weight excluding hydrogens is 219 g/mol. The van der Waals surface area contributed by atoms with Crippen LogP contribution in [0.25, 0.3) is 11.3 Å². The van der Waals surface area contributed by atoms with Crippen LogP contribution < -0.4 is 0 Å². The van der Waals surface area contributed by atoms with Gasteiger partial charge in [-0.15, -0.1) is 24.8 Å². The summed E-state index contributed by atoms with van der Waals surface area (Å²) in [5, 5.41) is 0. The lowest BCUT2D eigenvalue weighted by atomic mass is 10.2. The SMILES string of the molecule is Cl.Cl.c1ccc(-c2cnccn2)cc1. The second-order valence-electron chi connectivity index (χ2n) is 2.46. The number of aromatic nitrogens is 2. The van der Waals surface area contributed by atoms with Gasteiger partial charge in [-0.3, -0.25) is 9.97 Å². The van der Waals surface area contributed by atoms with Gasteiger partial charge in [0.1, 0.15) is 0 Å². The lowest BCUT2D eigenvalue weighted by molar-refractivity contribution is 1.21. The van der Waals surface area contributed by atoms with E-state index in [1.54, 1.807) is 18.6 Å². The highest BCUT2D eigenvalue weighted by Gasteiger charge is 1.94. The minimum Gasteiger partial charge on any atom is -0.261 e. The smallest absolute Gasteiger partial charge is 0.0885 e. The van der Waals surface area contributed by atoms with Crippen LogP contribution >= 0.6 is 24.8 Å². The number of hydrogen-bond donors (Lipinski definition) is 0. The van der Waals surface area contributed by atoms with Crippen LogP contribution in [-0.2, 0) is 0 Å². The van der Waals surface area contributed by atoms with Crippen molar-refractivity contribution < 1.29 is 0 Å². The van der Waals surface area contributed by atoms with Gasteiger partial charge in [0, 0.05) is 18.0 Å². The molecule has 0 atom stereocenters. The first-order chi connectivity index (χ1) is 5.97. The molecule has 0 aliphatic carbocycles. The van der Waals surface area contributed by atoms with E-state index in [-0.39, 0.29) is 24.8 Å². The molecule has 2 nitrogen and oxygen atoms in total. The van der Waals surface area contributed by atoms with E-state index in [0.29, 0.717) is 0 Å². The van der Waals surface area contributed by atoms with Crippen molar-refractivity contribution in [2.75, 3.05) is 0 Å². The maximum absolute atomic E-state index is 4.19. The number of nitrogens with zero attached hydrogens (tertiary/aromatic N) is 2. The van der Waals surface area contributed by atoms with Gasteiger partial charge in [-0.05, 0) is 0 Å². The molecule has 0 fully saturated rings. The Kier molecular flexibility index (Phi) is 5.84. The van der Waals surface area contributed by atoms with Crippen LogP contribution in [0, 0.1) is 0 Å². The first-order valence-corrected chi connectivity index (χ1v) is 3.78. The normalized spacial score (nSPS) is 8.29. The molecule has 1 aromatic carbocycles. The molecule has 0 bridgehead atoms. The lowest BCUT2D eigenvalue weighted by Crippen LogP contribution is -1.82. The Bertz CT molecular complexity index is 314. The second kappa shape index (κ2) is 6.35. The number of hydrogen-bond acceptors (Lipinski definition) is 2. The van der Waals surface area contributed by atoms with Crippen molar-refractivity contribution in [3.63, 3.8) is 0 Å². The standard InChI is InChI=1S/C10H8N2.2ClH/c1-2-4-9(5-3-1)10-8-11-6-7-12-10;;/h1-8H;2*1H. The maximum atomic E-state index is 4.19. The molecule has 4 heteroatoms. The van der Waals surface area contributed by atoms with E-state index in [2.05, 4.69) is 9.97 Å². The molecule has 0 N–H and O–H groups in total. The molecule has 0 aliphatic rings. The fourth-order valence-corrected chi connectivity index (χ4v) is 1.06. The molecule has 74 valence electrons. The summed E-state index contributed by atoms with van der Waals surface area (Å²) in [5.41, 5.74) is 2.02. The molecule has 1 heterocycles. The van der Waals surface area contributed by atoms with E-state index in [4.69, 9.17) is 0 Å². The summed E-state index contributed by atoms with van der Waals surface area (Å²) in [7, 11) is 0. The molecular formula is C10H10Cl2N2. The number of benzene rings is 1. The van der Waals surface area contributed by atoms with Crippen LogP contribution in [0.5, 0.6) is 0 Å². The highest BCUT2D eigenvalue weighted by atomic mass is 35.5. The van der Waals surface area contributed by atoms with E-state index < -0.39 is 0 Å². The summed E-state index contributed by atoms with van der Waals surface area (Å²) in [6, 6.07) is 10.0. The third-order valence-electron chi connectivity index (χ3n) is 1.63. The zero-order valence-corrected chi connectivity index (χ0v) is 8.96. The van der Waals surface area contributed by atoms with Gasteiger partial charge in [0.05, 0.1) is 11.9 Å². The Morgan fingerprint density at radius 3 is 2.14 bits per heavy atom. The van der Waals surface area contributed by atoms with Crippen molar-refractivity contribution in [1.29, 1.82) is 0 Å². The van der Waals surface area contributed by atoms with Gasteiger partial charge in [0.15, 0.2) is 0 Å². The molecule has 2 rings (SSSR count). The zero-order chi connectivity index (χ0) is 8.23. The molecule has 2 aromatic rings. The first-order valence-electron chi connectivity index (χ1n) is 3.78. The van der Waals surface area contributed by atoms with Crippen molar-refractivity contribution in [3.8, 4) is 11.3 Å². The third kappa shape index (κ3) is 2.98. The third-order valence-corrected chi connectivity index (χ3v) is 1.63. The van der Waals surface area contributed by atoms with Gasteiger partial charge in [0.25, 0.3) is 0 Å². The Hall–Kier alpha value is -1.12. The Morgan fingerprint density at radius 1 is 0.857 bits per heavy atom. The molecule has 0 saturated carbocycles. The van der Waals surface area contributed by atoms with Gasteiger partial charge < -0.3 is 0 Å². The molecule has 0 saturated heterocycles. The van der Waals surface area contributed by atoms with Gasteiger partial charge in [-0.1, -0.05) is 30.3 Å². The van der Waals surface area contributed by atoms with Crippen LogP contribution in [0.3, 0.4) is 0 Å². The summed E-state index contributed by atoms with van der Waals surface area (Å²) >= 11 is 0. The summed E-state index contributed by atoms with van der Waals surface area (Å²) in [5.74, 6) is 0. The molecule has 1 aromatic heterocycles. The average Bonchev–Trinajstić information content (AvgIpc) is 2.21. The maximum Gasteiger partial charge on any atom is 0.0885 e. The van der Waals surface area contributed by atoms with E-state index in [1.807, 2.05) is 30.3 Å². The van der Waals surface area contributed by atoms with Crippen molar-refractivity contribution in [2.24, 2.45) is 0 Å². The topological polar surface area (TPSA) is 25.8 Å². The van der Waals surface area contributed by atoms with Crippen LogP contribution in [0.2, 0.25) is 0 Å². The Labute approximate surface area is 95.2 Å². The van der Waals surface area contributed by atoms with Crippen LogP contribution in [0.4, 0.5) is 0 Å². The summed E-state index contributed by atoms with van der Waals surface area (Å²) in [6.45, 7) is 0. The number of halogens is 2. The molecule has 0 aliphatic heterocycles. The van der Waals surface area contributed by atoms with E-state index in [1.165, 1.54) is 0 Å². The minimum absolute atomic E-state index is 0. The van der Waals surface area contributed by atoms with Crippen molar-refractivity contribution in [2.45, 2.75) is 0 Å². The molecule has 14 heavy (non-hydrogen) atoms. The first kappa shape index (κ1) is 12.9. The minimum atomic E-state index is 0. The van der Waals surface area contributed by atoms with Crippen molar-refractivity contribution in [1.82, 2.24) is 9.97 Å². The van der Waals surface area contributed by atoms with Gasteiger partial charge in [-0.25, -0.2) is 0 Å². The fourth-order valence-electron chi connectivity index (χ4n) is 1.06. The van der Waals surface area contributed by atoms with E-state index >= 15 is 0 Å². The second-order valence-corrected chi connectivity index (χ2v) is 2.46. The largest absolute Gasteiger partial charge is 0.261 e. The van der Waals surface area contributed by atoms with Gasteiger partial charge in [0.2, 0.25) is 0 Å². The fraction of sp³-hybridized carbons (Fsp3) is 0. The summed E-state index contributed by atoms with van der Waals surface area (Å²) < 4.78 is 0. The zero-order valence-electron chi connectivity index (χ0n) is 7.33. The average molecular weight is 229 g/mol.